The molecule has 1 aromatic heterocycles. The van der Waals surface area contributed by atoms with Crippen LogP contribution < -0.4 is 20.1 Å². The van der Waals surface area contributed by atoms with Gasteiger partial charge in [0.1, 0.15) is 17.3 Å². The third kappa shape index (κ3) is 5.44. The number of anilines is 1. The van der Waals surface area contributed by atoms with Crippen molar-refractivity contribution in [1.29, 1.82) is 0 Å². The number of aromatic nitrogens is 2. The van der Waals surface area contributed by atoms with Crippen LogP contribution in [-0.2, 0) is 13.1 Å². The molecule has 1 amide bonds. The number of hydrogen-bond donors (Lipinski definition) is 2. The first-order valence-electron chi connectivity index (χ1n) is 9.21. The van der Waals surface area contributed by atoms with E-state index in [1.54, 1.807) is 33.3 Å². The van der Waals surface area contributed by atoms with Crippen molar-refractivity contribution in [3.05, 3.63) is 77.2 Å². The van der Waals surface area contributed by atoms with Crippen LogP contribution in [0.2, 0.25) is 0 Å². The Morgan fingerprint density at radius 2 is 1.66 bits per heavy atom. The Balaban J connectivity index is 1.65. The molecule has 150 valence electrons. The van der Waals surface area contributed by atoms with Crippen LogP contribution in [0.25, 0.3) is 0 Å². The number of carbonyl (C=O) groups is 1. The highest BCUT2D eigenvalue weighted by Crippen LogP contribution is 2.27. The first kappa shape index (κ1) is 20.1. The van der Waals surface area contributed by atoms with Crippen LogP contribution in [0.15, 0.2) is 54.6 Å². The summed E-state index contributed by atoms with van der Waals surface area (Å²) >= 11 is 0. The van der Waals surface area contributed by atoms with Gasteiger partial charge in [0.2, 0.25) is 0 Å². The monoisotopic (exact) mass is 392 g/mol. The Labute approximate surface area is 170 Å². The number of nitrogens with zero attached hydrogens (tertiary/aromatic N) is 2. The van der Waals surface area contributed by atoms with Crippen LogP contribution in [0.4, 0.5) is 5.82 Å². The SMILES string of the molecule is COc1ccc(CNC(=O)c2cc(NCc3ccccc3)nc(C)n2)cc1OC. The number of carbonyl (C=O) groups excluding carboxylic acids is 1. The number of ether oxygens (including phenoxy) is 2. The van der Waals surface area contributed by atoms with Crippen molar-refractivity contribution in [3.63, 3.8) is 0 Å². The molecule has 0 aliphatic rings. The molecule has 0 spiro atoms. The molecule has 0 atom stereocenters. The van der Waals surface area contributed by atoms with Crippen LogP contribution in [0.1, 0.15) is 27.4 Å². The molecular formula is C22H24N4O3. The van der Waals surface area contributed by atoms with E-state index in [4.69, 9.17) is 9.47 Å². The van der Waals surface area contributed by atoms with E-state index in [0.29, 0.717) is 41.9 Å². The molecule has 1 heterocycles. The molecular weight excluding hydrogens is 368 g/mol. The average Bonchev–Trinajstić information content (AvgIpc) is 2.76. The quantitative estimate of drug-likeness (QED) is 0.612. The van der Waals surface area contributed by atoms with Gasteiger partial charge < -0.3 is 20.1 Å². The minimum Gasteiger partial charge on any atom is -0.493 e. The zero-order chi connectivity index (χ0) is 20.6. The largest absolute Gasteiger partial charge is 0.493 e. The Morgan fingerprint density at radius 3 is 2.38 bits per heavy atom. The van der Waals surface area contributed by atoms with Crippen molar-refractivity contribution in [2.24, 2.45) is 0 Å². The fourth-order valence-corrected chi connectivity index (χ4v) is 2.83. The molecule has 0 fully saturated rings. The summed E-state index contributed by atoms with van der Waals surface area (Å²) in [5.74, 6) is 2.12. The van der Waals surface area contributed by atoms with Crippen molar-refractivity contribution in [2.75, 3.05) is 19.5 Å². The normalized spacial score (nSPS) is 10.3. The lowest BCUT2D eigenvalue weighted by Crippen LogP contribution is -2.24. The highest BCUT2D eigenvalue weighted by molar-refractivity contribution is 5.92. The third-order valence-electron chi connectivity index (χ3n) is 4.29. The Kier molecular flexibility index (Phi) is 6.63. The molecule has 7 heteroatoms. The molecule has 3 rings (SSSR count). The maximum absolute atomic E-state index is 12.6. The number of methoxy groups -OCH3 is 2. The van der Waals surface area contributed by atoms with Crippen LogP contribution in [0, 0.1) is 6.92 Å². The molecule has 29 heavy (non-hydrogen) atoms. The molecule has 0 saturated carbocycles. The molecule has 0 aliphatic carbocycles. The number of amides is 1. The highest BCUT2D eigenvalue weighted by Gasteiger charge is 2.11. The van der Waals surface area contributed by atoms with Crippen LogP contribution in [0.3, 0.4) is 0 Å². The van der Waals surface area contributed by atoms with Gasteiger partial charge >= 0.3 is 0 Å². The van der Waals surface area contributed by atoms with Gasteiger partial charge in [-0.15, -0.1) is 0 Å². The Morgan fingerprint density at radius 1 is 0.897 bits per heavy atom. The van der Waals surface area contributed by atoms with Gasteiger partial charge in [-0.05, 0) is 30.2 Å². The van der Waals surface area contributed by atoms with Gasteiger partial charge in [0, 0.05) is 19.2 Å². The second kappa shape index (κ2) is 9.54. The third-order valence-corrected chi connectivity index (χ3v) is 4.29. The van der Waals surface area contributed by atoms with Gasteiger partial charge in [0.25, 0.3) is 5.91 Å². The highest BCUT2D eigenvalue weighted by atomic mass is 16.5. The van der Waals surface area contributed by atoms with Crippen molar-refractivity contribution < 1.29 is 14.3 Å². The average molecular weight is 392 g/mol. The van der Waals surface area contributed by atoms with E-state index >= 15 is 0 Å². The lowest BCUT2D eigenvalue weighted by atomic mass is 10.2. The smallest absolute Gasteiger partial charge is 0.270 e. The molecule has 3 aromatic rings. The number of rotatable bonds is 8. The van der Waals surface area contributed by atoms with Gasteiger partial charge in [-0.1, -0.05) is 36.4 Å². The van der Waals surface area contributed by atoms with Crippen molar-refractivity contribution in [2.45, 2.75) is 20.0 Å². The number of benzene rings is 2. The van der Waals surface area contributed by atoms with Crippen LogP contribution in [0.5, 0.6) is 11.5 Å². The number of hydrogen-bond acceptors (Lipinski definition) is 6. The summed E-state index contributed by atoms with van der Waals surface area (Å²) in [5, 5.41) is 6.12. The van der Waals surface area contributed by atoms with E-state index in [1.807, 2.05) is 42.5 Å². The summed E-state index contributed by atoms with van der Waals surface area (Å²) in [6.07, 6.45) is 0. The van der Waals surface area contributed by atoms with Gasteiger partial charge in [-0.3, -0.25) is 4.79 Å². The maximum Gasteiger partial charge on any atom is 0.270 e. The van der Waals surface area contributed by atoms with Gasteiger partial charge in [-0.25, -0.2) is 9.97 Å². The first-order chi connectivity index (χ1) is 14.1. The molecule has 2 N–H and O–H groups in total. The topological polar surface area (TPSA) is 85.4 Å². The second-order valence-electron chi connectivity index (χ2n) is 6.40. The molecule has 0 saturated heterocycles. The molecule has 0 radical (unpaired) electrons. The number of aryl methyl sites for hydroxylation is 1. The number of nitrogens with one attached hydrogen (secondary N) is 2. The van der Waals surface area contributed by atoms with E-state index in [0.717, 1.165) is 11.1 Å². The zero-order valence-corrected chi connectivity index (χ0v) is 16.7. The van der Waals surface area contributed by atoms with Gasteiger partial charge in [-0.2, -0.15) is 0 Å². The minimum atomic E-state index is -0.270. The van der Waals surface area contributed by atoms with E-state index in [9.17, 15) is 4.79 Å². The Hall–Kier alpha value is -3.61. The van der Waals surface area contributed by atoms with Crippen molar-refractivity contribution in [1.82, 2.24) is 15.3 Å². The summed E-state index contributed by atoms with van der Waals surface area (Å²) in [6, 6.07) is 17.1. The predicted molar refractivity (Wildman–Crippen MR) is 111 cm³/mol. The van der Waals surface area contributed by atoms with E-state index in [2.05, 4.69) is 20.6 Å². The summed E-state index contributed by atoms with van der Waals surface area (Å²) < 4.78 is 10.5. The van der Waals surface area contributed by atoms with Crippen molar-refractivity contribution in [3.8, 4) is 11.5 Å². The summed E-state index contributed by atoms with van der Waals surface area (Å²) in [5.41, 5.74) is 2.33. The lowest BCUT2D eigenvalue weighted by Gasteiger charge is -2.11. The summed E-state index contributed by atoms with van der Waals surface area (Å²) in [4.78, 5) is 21.2. The van der Waals surface area contributed by atoms with Crippen molar-refractivity contribution >= 4 is 11.7 Å². The predicted octanol–water partition coefficient (Wildman–Crippen LogP) is 3.34. The van der Waals surface area contributed by atoms with E-state index in [1.165, 1.54) is 0 Å². The summed E-state index contributed by atoms with van der Waals surface area (Å²) in [6.45, 7) is 2.72. The maximum atomic E-state index is 12.6. The standard InChI is InChI=1S/C22H24N4O3/c1-15-25-18(12-21(26-15)23-13-16-7-5-4-6-8-16)22(27)24-14-17-9-10-19(28-2)20(11-17)29-3/h4-12H,13-14H2,1-3H3,(H,24,27)(H,23,25,26). The fraction of sp³-hybridized carbons (Fsp3) is 0.227. The summed E-state index contributed by atoms with van der Waals surface area (Å²) in [7, 11) is 3.16. The van der Waals surface area contributed by atoms with E-state index in [-0.39, 0.29) is 5.91 Å². The fourth-order valence-electron chi connectivity index (χ4n) is 2.83. The van der Waals surface area contributed by atoms with Gasteiger partial charge in [0.15, 0.2) is 11.5 Å². The minimum absolute atomic E-state index is 0.270. The van der Waals surface area contributed by atoms with Gasteiger partial charge in [0.05, 0.1) is 14.2 Å². The van der Waals surface area contributed by atoms with Crippen LogP contribution in [-0.4, -0.2) is 30.1 Å². The molecule has 7 nitrogen and oxygen atoms in total. The molecule has 0 unspecified atom stereocenters. The van der Waals surface area contributed by atoms with E-state index < -0.39 is 0 Å². The second-order valence-corrected chi connectivity index (χ2v) is 6.40. The molecule has 0 bridgehead atoms. The zero-order valence-electron chi connectivity index (χ0n) is 16.7. The van der Waals surface area contributed by atoms with Crippen LogP contribution >= 0.6 is 0 Å². The first-order valence-corrected chi connectivity index (χ1v) is 9.21. The molecule has 0 aliphatic heterocycles. The molecule has 2 aromatic carbocycles. The lowest BCUT2D eigenvalue weighted by molar-refractivity contribution is 0.0945. The Bertz CT molecular complexity index is 977.